The molecule has 0 aliphatic heterocycles. The van der Waals surface area contributed by atoms with Crippen molar-refractivity contribution in [1.82, 2.24) is 0 Å². The molecule has 0 heterocycles. The Labute approximate surface area is 154 Å². The van der Waals surface area contributed by atoms with Gasteiger partial charge in [-0.25, -0.2) is 4.39 Å². The molecule has 3 rings (SSSR count). The predicted molar refractivity (Wildman–Crippen MR) is 105 cm³/mol. The highest BCUT2D eigenvalue weighted by Gasteiger charge is 2.24. The van der Waals surface area contributed by atoms with Gasteiger partial charge in [-0.3, -0.25) is 0 Å². The Balaban J connectivity index is 1.29. The fourth-order valence-corrected chi connectivity index (χ4v) is 5.23. The van der Waals surface area contributed by atoms with Crippen molar-refractivity contribution in [2.24, 2.45) is 23.7 Å². The molecule has 0 radical (unpaired) electrons. The quantitative estimate of drug-likeness (QED) is 0.478. The van der Waals surface area contributed by atoms with Crippen molar-refractivity contribution in [3.05, 3.63) is 35.6 Å². The molecule has 0 unspecified atom stereocenters. The summed E-state index contributed by atoms with van der Waals surface area (Å²) >= 11 is 0. The van der Waals surface area contributed by atoms with E-state index in [0.717, 1.165) is 30.1 Å². The highest BCUT2D eigenvalue weighted by atomic mass is 19.1. The molecule has 25 heavy (non-hydrogen) atoms. The molecule has 2 fully saturated rings. The Morgan fingerprint density at radius 1 is 0.680 bits per heavy atom. The van der Waals surface area contributed by atoms with Crippen molar-refractivity contribution >= 4 is 0 Å². The number of aryl methyl sites for hydroxylation is 1. The molecule has 2 aliphatic rings. The Bertz CT molecular complexity index is 475. The third-order valence-electron chi connectivity index (χ3n) is 7.25. The number of hydrogen-bond acceptors (Lipinski definition) is 0. The molecule has 2 aliphatic carbocycles. The minimum atomic E-state index is -0.118. The third kappa shape index (κ3) is 6.12. The number of benzene rings is 1. The lowest BCUT2D eigenvalue weighted by Gasteiger charge is -2.32. The second kappa shape index (κ2) is 9.74. The van der Waals surface area contributed by atoms with E-state index < -0.39 is 0 Å². The Kier molecular flexibility index (Phi) is 7.37. The Hall–Kier alpha value is -0.850. The van der Waals surface area contributed by atoms with Crippen LogP contribution in [0.5, 0.6) is 0 Å². The molecule has 1 heteroatoms. The minimum Gasteiger partial charge on any atom is -0.207 e. The van der Waals surface area contributed by atoms with Crippen LogP contribution < -0.4 is 0 Å². The first-order valence-corrected chi connectivity index (χ1v) is 11.0. The van der Waals surface area contributed by atoms with E-state index in [4.69, 9.17) is 0 Å². The van der Waals surface area contributed by atoms with Gasteiger partial charge >= 0.3 is 0 Å². The van der Waals surface area contributed by atoms with Crippen LogP contribution in [0.4, 0.5) is 4.39 Å². The summed E-state index contributed by atoms with van der Waals surface area (Å²) in [6.07, 6.45) is 18.6. The molecule has 0 atom stereocenters. The lowest BCUT2D eigenvalue weighted by molar-refractivity contribution is 0.212. The van der Waals surface area contributed by atoms with Crippen LogP contribution >= 0.6 is 0 Å². The van der Waals surface area contributed by atoms with Crippen molar-refractivity contribution in [1.29, 1.82) is 0 Å². The maximum atomic E-state index is 13.0. The second-order valence-electron chi connectivity index (χ2n) is 8.92. The highest BCUT2D eigenvalue weighted by Crippen LogP contribution is 2.38. The van der Waals surface area contributed by atoms with Crippen molar-refractivity contribution in [3.63, 3.8) is 0 Å². The molecular formula is C24H37F. The molecule has 0 spiro atoms. The van der Waals surface area contributed by atoms with Gasteiger partial charge in [-0.05, 0) is 54.2 Å². The van der Waals surface area contributed by atoms with Gasteiger partial charge in [-0.1, -0.05) is 89.7 Å². The van der Waals surface area contributed by atoms with E-state index in [2.05, 4.69) is 6.92 Å². The summed E-state index contributed by atoms with van der Waals surface area (Å²) in [5, 5.41) is 0. The van der Waals surface area contributed by atoms with Crippen LogP contribution in [-0.2, 0) is 6.42 Å². The zero-order valence-electron chi connectivity index (χ0n) is 16.2. The molecule has 0 nitrogen and oxygen atoms in total. The first kappa shape index (κ1) is 18.9. The first-order chi connectivity index (χ1) is 12.2. The minimum absolute atomic E-state index is 0.118. The summed E-state index contributed by atoms with van der Waals surface area (Å²) < 4.78 is 13.0. The van der Waals surface area contributed by atoms with Gasteiger partial charge in [0.25, 0.3) is 0 Å². The second-order valence-corrected chi connectivity index (χ2v) is 8.92. The van der Waals surface area contributed by atoms with E-state index in [-0.39, 0.29) is 5.82 Å². The topological polar surface area (TPSA) is 0 Å². The highest BCUT2D eigenvalue weighted by molar-refractivity contribution is 5.16. The summed E-state index contributed by atoms with van der Waals surface area (Å²) in [4.78, 5) is 0. The molecule has 0 bridgehead atoms. The Morgan fingerprint density at radius 3 is 1.60 bits per heavy atom. The van der Waals surface area contributed by atoms with Gasteiger partial charge in [-0.2, -0.15) is 0 Å². The maximum Gasteiger partial charge on any atom is 0.123 e. The third-order valence-corrected chi connectivity index (χ3v) is 7.25. The molecule has 0 N–H and O–H groups in total. The molecular weight excluding hydrogens is 307 g/mol. The van der Waals surface area contributed by atoms with Crippen LogP contribution in [0.3, 0.4) is 0 Å². The smallest absolute Gasteiger partial charge is 0.123 e. The molecule has 0 amide bonds. The summed E-state index contributed by atoms with van der Waals surface area (Å²) in [5.41, 5.74) is 1.30. The van der Waals surface area contributed by atoms with E-state index in [1.54, 1.807) is 12.1 Å². The van der Waals surface area contributed by atoms with Crippen molar-refractivity contribution in [2.75, 3.05) is 0 Å². The van der Waals surface area contributed by atoms with E-state index in [9.17, 15) is 4.39 Å². The van der Waals surface area contributed by atoms with Crippen LogP contribution in [0.1, 0.15) is 89.5 Å². The van der Waals surface area contributed by atoms with Crippen LogP contribution in [0.25, 0.3) is 0 Å². The first-order valence-electron chi connectivity index (χ1n) is 11.0. The largest absolute Gasteiger partial charge is 0.207 e. The monoisotopic (exact) mass is 344 g/mol. The SMILES string of the molecule is CCC1CCC(CCC2CCC(CCc3ccc(F)cc3)CC2)CC1. The fraction of sp³-hybridized carbons (Fsp3) is 0.750. The van der Waals surface area contributed by atoms with Gasteiger partial charge in [-0.15, -0.1) is 0 Å². The summed E-state index contributed by atoms with van der Waals surface area (Å²) in [5.74, 6) is 3.87. The van der Waals surface area contributed by atoms with E-state index >= 15 is 0 Å². The molecule has 0 aromatic heterocycles. The lowest BCUT2D eigenvalue weighted by Crippen LogP contribution is -2.18. The lowest BCUT2D eigenvalue weighted by atomic mass is 9.74. The number of halogens is 1. The van der Waals surface area contributed by atoms with Crippen molar-refractivity contribution in [2.45, 2.75) is 90.4 Å². The van der Waals surface area contributed by atoms with Crippen molar-refractivity contribution in [3.8, 4) is 0 Å². The average Bonchev–Trinajstić information content (AvgIpc) is 2.67. The zero-order chi connectivity index (χ0) is 17.5. The summed E-state index contributed by atoms with van der Waals surface area (Å²) in [6, 6.07) is 7.10. The zero-order valence-corrected chi connectivity index (χ0v) is 16.2. The molecule has 2 saturated carbocycles. The van der Waals surface area contributed by atoms with Gasteiger partial charge in [0, 0.05) is 0 Å². The number of hydrogen-bond donors (Lipinski definition) is 0. The average molecular weight is 345 g/mol. The van der Waals surface area contributed by atoms with E-state index in [1.165, 1.54) is 82.6 Å². The number of rotatable bonds is 7. The van der Waals surface area contributed by atoms with Crippen molar-refractivity contribution < 1.29 is 4.39 Å². The summed E-state index contributed by atoms with van der Waals surface area (Å²) in [6.45, 7) is 2.36. The predicted octanol–water partition coefficient (Wildman–Crippen LogP) is 7.56. The molecule has 140 valence electrons. The maximum absolute atomic E-state index is 13.0. The van der Waals surface area contributed by atoms with E-state index in [0.29, 0.717) is 0 Å². The van der Waals surface area contributed by atoms with Gasteiger partial charge in [0.05, 0.1) is 0 Å². The van der Waals surface area contributed by atoms with Crippen LogP contribution in [0.2, 0.25) is 0 Å². The standard InChI is InChI=1S/C24H37F/c1-2-19-3-5-20(6-4-19)7-8-21-9-11-22(12-10-21)13-14-23-15-17-24(25)18-16-23/h15-22H,2-14H2,1H3. The van der Waals surface area contributed by atoms with Crippen LogP contribution in [-0.4, -0.2) is 0 Å². The van der Waals surface area contributed by atoms with Crippen LogP contribution in [0.15, 0.2) is 24.3 Å². The normalized spacial score (nSPS) is 30.3. The summed E-state index contributed by atoms with van der Waals surface area (Å²) in [7, 11) is 0. The molecule has 1 aromatic carbocycles. The van der Waals surface area contributed by atoms with Gasteiger partial charge in [0.2, 0.25) is 0 Å². The van der Waals surface area contributed by atoms with Crippen LogP contribution in [0, 0.1) is 29.5 Å². The fourth-order valence-electron chi connectivity index (χ4n) is 5.23. The molecule has 0 saturated heterocycles. The van der Waals surface area contributed by atoms with E-state index in [1.807, 2.05) is 12.1 Å². The Morgan fingerprint density at radius 2 is 1.12 bits per heavy atom. The van der Waals surface area contributed by atoms with Gasteiger partial charge in [0.1, 0.15) is 5.82 Å². The van der Waals surface area contributed by atoms with Gasteiger partial charge in [0.15, 0.2) is 0 Å². The van der Waals surface area contributed by atoms with Gasteiger partial charge < -0.3 is 0 Å². The molecule has 1 aromatic rings.